The number of aryl methyl sites for hydroxylation is 2. The third-order valence-corrected chi connectivity index (χ3v) is 8.48. The Bertz CT molecular complexity index is 1720. The number of hydrogen-bond donors (Lipinski definition) is 0. The first-order valence-electron chi connectivity index (χ1n) is 12.7. The second-order valence-corrected chi connectivity index (χ2v) is 11.5. The minimum absolute atomic E-state index is 0.194. The normalized spacial score (nSPS) is 14.5. The minimum atomic E-state index is -0.194. The Hall–Kier alpha value is -3.99. The molecule has 10 heteroatoms. The van der Waals surface area contributed by atoms with Crippen molar-refractivity contribution in [2.75, 3.05) is 11.4 Å². The number of aromatic nitrogens is 3. The van der Waals surface area contributed by atoms with Crippen molar-refractivity contribution in [3.05, 3.63) is 90.1 Å². The molecule has 0 aliphatic carbocycles. The molecule has 0 unspecified atom stereocenters. The number of thiocarbonyl (C=S) groups is 1. The van der Waals surface area contributed by atoms with E-state index in [4.69, 9.17) is 17.2 Å². The average molecular weight is 581 g/mol. The molecule has 1 aliphatic heterocycles. The van der Waals surface area contributed by atoms with E-state index in [0.717, 1.165) is 34.4 Å². The summed E-state index contributed by atoms with van der Waals surface area (Å²) in [5, 5.41) is 0.326. The molecule has 0 bridgehead atoms. The van der Waals surface area contributed by atoms with E-state index in [9.17, 15) is 4.79 Å². The predicted octanol–water partition coefficient (Wildman–Crippen LogP) is 7.75. The van der Waals surface area contributed by atoms with E-state index in [-0.39, 0.29) is 5.91 Å². The lowest BCUT2D eigenvalue weighted by atomic mass is 10.1. The van der Waals surface area contributed by atoms with Gasteiger partial charge in [-0.1, -0.05) is 59.7 Å². The molecule has 7 nitrogen and oxygen atoms in total. The zero-order chi connectivity index (χ0) is 27.8. The average Bonchev–Trinajstić information content (AvgIpc) is 3.56. The number of pyridine rings is 1. The maximum atomic E-state index is 12.7. The molecule has 40 heavy (non-hydrogen) atoms. The summed E-state index contributed by atoms with van der Waals surface area (Å²) >= 11 is 7.61. The van der Waals surface area contributed by atoms with Crippen molar-refractivity contribution in [1.82, 2.24) is 18.6 Å². The van der Waals surface area contributed by atoms with Crippen LogP contribution in [0.25, 0.3) is 22.3 Å². The van der Waals surface area contributed by atoms with Crippen LogP contribution in [0.5, 0.6) is 0 Å². The van der Waals surface area contributed by atoms with Gasteiger partial charge in [0.25, 0.3) is 5.91 Å². The summed E-state index contributed by atoms with van der Waals surface area (Å²) in [7, 11) is 0. The highest BCUT2D eigenvalue weighted by Gasteiger charge is 2.32. The van der Waals surface area contributed by atoms with E-state index >= 15 is 0 Å². The molecular formula is C30H24N6OS3. The molecule has 0 atom stereocenters. The largest absolute Gasteiger partial charge is 0.311 e. The molecule has 1 amide bonds. The Balaban J connectivity index is 1.36. The standard InChI is InChI=1S/C30H24N6OS3/c1-4-35-29(37)28(39-30(35)38)32-24-17-31-25(27-26(24)33-40-34-27)20-9-15-23(16-10-20)36(21-11-5-18(2)6-12-21)22-13-7-19(3)8-14-22/h5-17H,4H2,1-3H3. The molecule has 0 saturated carbocycles. The lowest BCUT2D eigenvalue weighted by Gasteiger charge is -2.26. The maximum absolute atomic E-state index is 12.7. The van der Waals surface area contributed by atoms with Gasteiger partial charge in [0.1, 0.15) is 21.0 Å². The third kappa shape index (κ3) is 4.90. The van der Waals surface area contributed by atoms with Crippen LogP contribution >= 0.6 is 35.7 Å². The van der Waals surface area contributed by atoms with Gasteiger partial charge in [0.15, 0.2) is 5.04 Å². The number of fused-ring (bicyclic) bond motifs is 1. The number of thioether (sulfide) groups is 1. The van der Waals surface area contributed by atoms with Crippen molar-refractivity contribution < 1.29 is 4.79 Å². The van der Waals surface area contributed by atoms with Crippen molar-refractivity contribution >= 4 is 84.8 Å². The zero-order valence-electron chi connectivity index (χ0n) is 22.0. The van der Waals surface area contributed by atoms with Gasteiger partial charge in [-0.25, -0.2) is 4.99 Å². The fourth-order valence-electron chi connectivity index (χ4n) is 4.49. The highest BCUT2D eigenvalue weighted by atomic mass is 32.2. The van der Waals surface area contributed by atoms with E-state index in [1.807, 2.05) is 19.1 Å². The second-order valence-electron chi connectivity index (χ2n) is 9.34. The molecular weight excluding hydrogens is 557 g/mol. The first-order chi connectivity index (χ1) is 19.4. The third-order valence-electron chi connectivity index (χ3n) is 6.63. The van der Waals surface area contributed by atoms with Crippen molar-refractivity contribution in [2.45, 2.75) is 20.8 Å². The van der Waals surface area contributed by atoms with Crippen LogP contribution < -0.4 is 4.90 Å². The Morgan fingerprint density at radius 3 is 1.95 bits per heavy atom. The number of nitrogens with zero attached hydrogens (tertiary/aromatic N) is 6. The van der Waals surface area contributed by atoms with Gasteiger partial charge in [-0.2, -0.15) is 8.75 Å². The molecule has 1 saturated heterocycles. The number of carbonyl (C=O) groups is 1. The molecule has 3 heterocycles. The first kappa shape index (κ1) is 26.2. The quantitative estimate of drug-likeness (QED) is 0.190. The van der Waals surface area contributed by atoms with E-state index in [2.05, 4.69) is 93.2 Å². The summed E-state index contributed by atoms with van der Waals surface area (Å²) in [6, 6.07) is 25.3. The summed E-state index contributed by atoms with van der Waals surface area (Å²) in [6.07, 6.45) is 1.65. The van der Waals surface area contributed by atoms with Gasteiger partial charge in [-0.3, -0.25) is 14.7 Å². The van der Waals surface area contributed by atoms with Crippen molar-refractivity contribution in [3.63, 3.8) is 0 Å². The van der Waals surface area contributed by atoms with Gasteiger partial charge < -0.3 is 4.90 Å². The number of amides is 1. The minimum Gasteiger partial charge on any atom is -0.311 e. The molecule has 198 valence electrons. The van der Waals surface area contributed by atoms with Gasteiger partial charge in [-0.05, 0) is 68.9 Å². The number of benzene rings is 3. The van der Waals surface area contributed by atoms with E-state index in [0.29, 0.717) is 38.3 Å². The molecule has 3 aromatic carbocycles. The number of rotatable bonds is 6. The smallest absolute Gasteiger partial charge is 0.284 e. The van der Waals surface area contributed by atoms with Crippen LogP contribution in [0.3, 0.4) is 0 Å². The van der Waals surface area contributed by atoms with E-state index in [1.165, 1.54) is 27.8 Å². The van der Waals surface area contributed by atoms with Gasteiger partial charge in [0.2, 0.25) is 0 Å². The maximum Gasteiger partial charge on any atom is 0.284 e. The van der Waals surface area contributed by atoms with Gasteiger partial charge in [0, 0.05) is 29.2 Å². The summed E-state index contributed by atoms with van der Waals surface area (Å²) in [6.45, 7) is 6.58. The number of carbonyl (C=O) groups excluding carboxylic acids is 1. The predicted molar refractivity (Wildman–Crippen MR) is 169 cm³/mol. The highest BCUT2D eigenvalue weighted by Crippen LogP contribution is 2.37. The second kappa shape index (κ2) is 10.9. The van der Waals surface area contributed by atoms with Gasteiger partial charge >= 0.3 is 0 Å². The molecule has 0 spiro atoms. The molecule has 6 rings (SSSR count). The topological polar surface area (TPSA) is 74.6 Å². The Labute approximate surface area is 245 Å². The SMILES string of the molecule is CCN1C(=O)C(=Nc2cnc(-c3ccc(N(c4ccc(C)cc4)c4ccc(C)cc4)cc3)c3nsnc23)SC1=S. The van der Waals surface area contributed by atoms with Crippen LogP contribution in [0.15, 0.2) is 84.0 Å². The van der Waals surface area contributed by atoms with Crippen LogP contribution in [-0.4, -0.2) is 40.4 Å². The monoisotopic (exact) mass is 580 g/mol. The fraction of sp³-hybridized carbons (Fsp3) is 0.133. The summed E-state index contributed by atoms with van der Waals surface area (Å²) < 4.78 is 9.51. The van der Waals surface area contributed by atoms with E-state index < -0.39 is 0 Å². The van der Waals surface area contributed by atoms with Crippen molar-refractivity contribution in [2.24, 2.45) is 4.99 Å². The number of aliphatic imine (C=N–C) groups is 1. The van der Waals surface area contributed by atoms with E-state index in [1.54, 1.807) is 6.20 Å². The lowest BCUT2D eigenvalue weighted by Crippen LogP contribution is -2.29. The molecule has 5 aromatic rings. The molecule has 0 radical (unpaired) electrons. The van der Waals surface area contributed by atoms with Crippen molar-refractivity contribution in [1.29, 1.82) is 0 Å². The Morgan fingerprint density at radius 1 is 0.850 bits per heavy atom. The van der Waals surface area contributed by atoms with Crippen molar-refractivity contribution in [3.8, 4) is 11.3 Å². The van der Waals surface area contributed by atoms with Crippen LogP contribution in [0.2, 0.25) is 0 Å². The van der Waals surface area contributed by atoms with Crippen LogP contribution in [0, 0.1) is 13.8 Å². The zero-order valence-corrected chi connectivity index (χ0v) is 24.5. The highest BCUT2D eigenvalue weighted by molar-refractivity contribution is 8.35. The van der Waals surface area contributed by atoms with Crippen LogP contribution in [0.1, 0.15) is 18.1 Å². The summed E-state index contributed by atoms with van der Waals surface area (Å²) in [4.78, 5) is 25.7. The Kier molecular flexibility index (Phi) is 7.14. The van der Waals surface area contributed by atoms with Gasteiger partial charge in [-0.15, -0.1) is 0 Å². The number of hydrogen-bond acceptors (Lipinski definition) is 9. The fourth-order valence-corrected chi connectivity index (χ4v) is 6.32. The van der Waals surface area contributed by atoms with Crippen LogP contribution in [-0.2, 0) is 4.79 Å². The Morgan fingerprint density at radius 2 is 1.40 bits per heavy atom. The molecule has 1 aliphatic rings. The molecule has 1 fully saturated rings. The lowest BCUT2D eigenvalue weighted by molar-refractivity contribution is -0.119. The van der Waals surface area contributed by atoms with Gasteiger partial charge in [0.05, 0.1) is 23.6 Å². The number of anilines is 3. The first-order valence-corrected chi connectivity index (χ1v) is 14.7. The molecule has 0 N–H and O–H groups in total. The summed E-state index contributed by atoms with van der Waals surface area (Å²) in [5.74, 6) is -0.194. The summed E-state index contributed by atoms with van der Waals surface area (Å²) in [5.41, 5.74) is 9.01. The molecule has 2 aromatic heterocycles. The van der Waals surface area contributed by atoms with Crippen LogP contribution in [0.4, 0.5) is 22.7 Å².